The van der Waals surface area contributed by atoms with Crippen LogP contribution in [0.5, 0.6) is 0 Å². The molecule has 0 aliphatic carbocycles. The summed E-state index contributed by atoms with van der Waals surface area (Å²) < 4.78 is 27.3. The average molecular weight is 403 g/mol. The Bertz CT molecular complexity index is 1070. The molecule has 27 heavy (non-hydrogen) atoms. The monoisotopic (exact) mass is 402 g/mol. The zero-order valence-corrected chi connectivity index (χ0v) is 15.4. The number of halogens is 1. The van der Waals surface area contributed by atoms with Gasteiger partial charge in [0, 0.05) is 22.6 Å². The van der Waals surface area contributed by atoms with E-state index in [4.69, 9.17) is 22.7 Å². The normalized spacial score (nSPS) is 11.0. The highest BCUT2D eigenvalue weighted by atomic mass is 35.5. The fraction of sp³-hybridized carbons (Fsp3) is 0. The topological polar surface area (TPSA) is 134 Å². The Labute approximate surface area is 161 Å². The summed E-state index contributed by atoms with van der Waals surface area (Å²) in [6.07, 6.45) is 2.35. The van der Waals surface area contributed by atoms with Crippen LogP contribution >= 0.6 is 11.6 Å². The molecular weight excluding hydrogens is 388 g/mol. The lowest BCUT2D eigenvalue weighted by atomic mass is 10.2. The lowest BCUT2D eigenvalue weighted by Gasteiger charge is -2.11. The van der Waals surface area contributed by atoms with Crippen molar-refractivity contribution in [2.45, 2.75) is 4.90 Å². The Hall–Kier alpha value is -3.17. The Morgan fingerprint density at radius 1 is 1.00 bits per heavy atom. The highest BCUT2D eigenvalue weighted by Crippen LogP contribution is 2.23. The van der Waals surface area contributed by atoms with Crippen molar-refractivity contribution in [3.63, 3.8) is 0 Å². The molecule has 1 heterocycles. The summed E-state index contributed by atoms with van der Waals surface area (Å²) in [4.78, 5) is 8.00. The van der Waals surface area contributed by atoms with Gasteiger partial charge in [0.2, 0.25) is 0 Å². The van der Waals surface area contributed by atoms with Crippen molar-refractivity contribution in [2.24, 2.45) is 0 Å². The predicted octanol–water partition coefficient (Wildman–Crippen LogP) is 3.25. The second kappa shape index (κ2) is 7.60. The third kappa shape index (κ3) is 4.33. The fourth-order valence-electron chi connectivity index (χ4n) is 2.24. The molecule has 0 spiro atoms. The quantitative estimate of drug-likeness (QED) is 0.467. The number of nitrogen functional groups attached to an aromatic ring is 1. The van der Waals surface area contributed by atoms with E-state index in [0.29, 0.717) is 27.8 Å². The van der Waals surface area contributed by atoms with Crippen molar-refractivity contribution in [3.05, 3.63) is 65.4 Å². The molecule has 3 rings (SSSR count). The SMILES string of the molecule is N=Cc1c(N)ncnc1Nc1ccc(NS(=O)(=O)c2ccc(Cl)cc2)cc1. The van der Waals surface area contributed by atoms with Crippen LogP contribution in [0.25, 0.3) is 0 Å². The molecule has 0 saturated carbocycles. The van der Waals surface area contributed by atoms with Gasteiger partial charge >= 0.3 is 0 Å². The number of nitrogens with two attached hydrogens (primary N) is 1. The van der Waals surface area contributed by atoms with Crippen LogP contribution in [0.2, 0.25) is 5.02 Å². The van der Waals surface area contributed by atoms with E-state index < -0.39 is 10.0 Å². The molecule has 0 radical (unpaired) electrons. The summed E-state index contributed by atoms with van der Waals surface area (Å²) in [6, 6.07) is 12.4. The van der Waals surface area contributed by atoms with E-state index in [-0.39, 0.29) is 10.7 Å². The van der Waals surface area contributed by atoms with E-state index in [1.807, 2.05) is 0 Å². The van der Waals surface area contributed by atoms with Gasteiger partial charge in [0.1, 0.15) is 18.0 Å². The first-order valence-electron chi connectivity index (χ1n) is 7.65. The van der Waals surface area contributed by atoms with Gasteiger partial charge in [0.25, 0.3) is 10.0 Å². The zero-order chi connectivity index (χ0) is 19.4. The molecular formula is C17H15ClN6O2S. The first-order valence-corrected chi connectivity index (χ1v) is 9.51. The summed E-state index contributed by atoms with van der Waals surface area (Å²) in [7, 11) is -3.71. The number of nitrogens with zero attached hydrogens (tertiary/aromatic N) is 2. The molecule has 0 amide bonds. The van der Waals surface area contributed by atoms with Gasteiger partial charge in [-0.05, 0) is 48.5 Å². The van der Waals surface area contributed by atoms with Gasteiger partial charge in [-0.1, -0.05) is 11.6 Å². The molecule has 0 aliphatic rings. The van der Waals surface area contributed by atoms with Crippen LogP contribution in [-0.2, 0) is 10.0 Å². The Morgan fingerprint density at radius 3 is 2.26 bits per heavy atom. The first kappa shape index (κ1) is 18.6. The minimum Gasteiger partial charge on any atom is -0.383 e. The maximum atomic E-state index is 12.4. The average Bonchev–Trinajstić information content (AvgIpc) is 2.64. The van der Waals surface area contributed by atoms with Gasteiger partial charge in [-0.15, -0.1) is 0 Å². The van der Waals surface area contributed by atoms with Crippen LogP contribution in [0.3, 0.4) is 0 Å². The van der Waals surface area contributed by atoms with E-state index in [9.17, 15) is 8.42 Å². The number of hydrogen-bond donors (Lipinski definition) is 4. The van der Waals surface area contributed by atoms with Crippen LogP contribution in [0.4, 0.5) is 23.0 Å². The standard InChI is InChI=1S/C17H15ClN6O2S/c18-11-1-7-14(8-2-11)27(25,26)24-13-5-3-12(4-6-13)23-17-15(9-19)16(20)21-10-22-17/h1-10,19,24H,(H3,20,21,22,23). The van der Waals surface area contributed by atoms with E-state index >= 15 is 0 Å². The molecule has 0 saturated heterocycles. The molecule has 5 N–H and O–H groups in total. The lowest BCUT2D eigenvalue weighted by Crippen LogP contribution is -2.12. The van der Waals surface area contributed by atoms with Gasteiger partial charge in [-0.3, -0.25) is 4.72 Å². The Kier molecular flexibility index (Phi) is 5.24. The van der Waals surface area contributed by atoms with Gasteiger partial charge in [0.15, 0.2) is 0 Å². The number of aromatic nitrogens is 2. The van der Waals surface area contributed by atoms with Crippen LogP contribution in [0.15, 0.2) is 59.8 Å². The highest BCUT2D eigenvalue weighted by molar-refractivity contribution is 7.92. The molecule has 1 aromatic heterocycles. The predicted molar refractivity (Wildman–Crippen MR) is 106 cm³/mol. The number of anilines is 4. The summed E-state index contributed by atoms with van der Waals surface area (Å²) in [5.41, 5.74) is 7.12. The Morgan fingerprint density at radius 2 is 1.63 bits per heavy atom. The van der Waals surface area contributed by atoms with E-state index in [0.717, 1.165) is 6.21 Å². The van der Waals surface area contributed by atoms with E-state index in [1.54, 1.807) is 24.3 Å². The van der Waals surface area contributed by atoms with Crippen LogP contribution in [-0.4, -0.2) is 24.6 Å². The van der Waals surface area contributed by atoms with Crippen molar-refractivity contribution in [1.29, 1.82) is 5.41 Å². The van der Waals surface area contributed by atoms with Crippen molar-refractivity contribution >= 4 is 50.8 Å². The van der Waals surface area contributed by atoms with Gasteiger partial charge in [0.05, 0.1) is 10.5 Å². The molecule has 0 unspecified atom stereocenters. The molecule has 0 fully saturated rings. The second-order valence-corrected chi connectivity index (χ2v) is 7.55. The second-order valence-electron chi connectivity index (χ2n) is 5.43. The van der Waals surface area contributed by atoms with Crippen molar-refractivity contribution in [1.82, 2.24) is 9.97 Å². The first-order chi connectivity index (χ1) is 12.9. The maximum Gasteiger partial charge on any atom is 0.261 e. The third-order valence-electron chi connectivity index (χ3n) is 3.58. The largest absolute Gasteiger partial charge is 0.383 e. The molecule has 0 atom stereocenters. The number of sulfonamides is 1. The number of rotatable bonds is 6. The summed E-state index contributed by atoms with van der Waals surface area (Å²) >= 11 is 5.78. The molecule has 8 nitrogen and oxygen atoms in total. The minimum absolute atomic E-state index is 0.112. The number of nitrogens with one attached hydrogen (secondary N) is 3. The third-order valence-corrected chi connectivity index (χ3v) is 5.23. The van der Waals surface area contributed by atoms with Gasteiger partial charge in [-0.25, -0.2) is 18.4 Å². The van der Waals surface area contributed by atoms with Gasteiger partial charge in [-0.2, -0.15) is 0 Å². The molecule has 10 heteroatoms. The van der Waals surface area contributed by atoms with E-state index in [2.05, 4.69) is 20.0 Å². The smallest absolute Gasteiger partial charge is 0.261 e. The summed E-state index contributed by atoms with van der Waals surface area (Å²) in [5, 5.41) is 10.9. The zero-order valence-electron chi connectivity index (χ0n) is 13.8. The molecule has 0 aliphatic heterocycles. The highest BCUT2D eigenvalue weighted by Gasteiger charge is 2.14. The van der Waals surface area contributed by atoms with E-state index in [1.165, 1.54) is 30.6 Å². The summed E-state index contributed by atoms with van der Waals surface area (Å²) in [6.45, 7) is 0. The maximum absolute atomic E-state index is 12.4. The molecule has 0 bridgehead atoms. The molecule has 3 aromatic rings. The summed E-state index contributed by atoms with van der Waals surface area (Å²) in [5.74, 6) is 0.571. The number of hydrogen-bond acceptors (Lipinski definition) is 7. The fourth-order valence-corrected chi connectivity index (χ4v) is 3.42. The Balaban J connectivity index is 1.77. The lowest BCUT2D eigenvalue weighted by molar-refractivity contribution is 0.601. The minimum atomic E-state index is -3.71. The van der Waals surface area contributed by atoms with Crippen molar-refractivity contribution < 1.29 is 8.42 Å². The van der Waals surface area contributed by atoms with Crippen molar-refractivity contribution in [3.8, 4) is 0 Å². The molecule has 138 valence electrons. The van der Waals surface area contributed by atoms with Crippen LogP contribution in [0, 0.1) is 5.41 Å². The van der Waals surface area contributed by atoms with Crippen molar-refractivity contribution in [2.75, 3.05) is 15.8 Å². The number of benzene rings is 2. The van der Waals surface area contributed by atoms with Gasteiger partial charge < -0.3 is 16.5 Å². The van der Waals surface area contributed by atoms with Crippen LogP contribution < -0.4 is 15.8 Å². The molecule has 2 aromatic carbocycles. The van der Waals surface area contributed by atoms with Crippen LogP contribution in [0.1, 0.15) is 5.56 Å².